The number of nitrogens with zero attached hydrogens (tertiary/aromatic N) is 1. The summed E-state index contributed by atoms with van der Waals surface area (Å²) in [6, 6.07) is 12.1. The number of methoxy groups -OCH3 is 2. The Morgan fingerprint density at radius 2 is 1.73 bits per heavy atom. The number of unbranched alkanes of at least 4 members (excludes halogenated alkanes) is 1. The van der Waals surface area contributed by atoms with Gasteiger partial charge in [0.15, 0.2) is 21.3 Å². The standard InChI is InChI=1S/C23H31NO5S/c1-5-7-13-23(6-2)16-30(26,27)21-15-20(29-4)19(28-3)14-18(21)22(24(23)25)17-11-9-8-10-12-17/h8-12,14-15,22,25H,5-7,13,16H2,1-4H3/t22-,23-/m1/s1. The van der Waals surface area contributed by atoms with E-state index in [1.54, 1.807) is 6.07 Å². The number of benzene rings is 2. The first kappa shape index (κ1) is 22.6. The lowest BCUT2D eigenvalue weighted by Crippen LogP contribution is -2.51. The second kappa shape index (κ2) is 8.96. The van der Waals surface area contributed by atoms with Gasteiger partial charge in [-0.1, -0.05) is 57.0 Å². The zero-order valence-electron chi connectivity index (χ0n) is 18.1. The van der Waals surface area contributed by atoms with Crippen molar-refractivity contribution in [3.8, 4) is 11.5 Å². The topological polar surface area (TPSA) is 76.1 Å². The van der Waals surface area contributed by atoms with Gasteiger partial charge in [-0.25, -0.2) is 8.42 Å². The van der Waals surface area contributed by atoms with Gasteiger partial charge in [0, 0.05) is 6.07 Å². The molecule has 0 aromatic heterocycles. The van der Waals surface area contributed by atoms with Gasteiger partial charge in [-0.05, 0) is 30.0 Å². The number of hydrogen-bond acceptors (Lipinski definition) is 6. The maximum atomic E-state index is 13.6. The molecule has 2 aromatic rings. The molecule has 0 saturated heterocycles. The maximum Gasteiger partial charge on any atom is 0.180 e. The number of sulfone groups is 1. The summed E-state index contributed by atoms with van der Waals surface area (Å²) < 4.78 is 38.0. The van der Waals surface area contributed by atoms with E-state index in [9.17, 15) is 13.6 Å². The average molecular weight is 434 g/mol. The maximum absolute atomic E-state index is 13.6. The molecule has 30 heavy (non-hydrogen) atoms. The summed E-state index contributed by atoms with van der Waals surface area (Å²) >= 11 is 0. The molecule has 1 aliphatic heterocycles. The highest BCUT2D eigenvalue weighted by atomic mass is 32.2. The van der Waals surface area contributed by atoms with Gasteiger partial charge >= 0.3 is 0 Å². The molecule has 7 heteroatoms. The van der Waals surface area contributed by atoms with Crippen molar-refractivity contribution in [3.05, 3.63) is 53.6 Å². The largest absolute Gasteiger partial charge is 0.493 e. The average Bonchev–Trinajstić information content (AvgIpc) is 2.83. The number of rotatable bonds is 7. The minimum atomic E-state index is -3.70. The summed E-state index contributed by atoms with van der Waals surface area (Å²) in [4.78, 5) is 0.180. The molecule has 0 fully saturated rings. The molecular formula is C23H31NO5S. The number of hydroxylamine groups is 2. The van der Waals surface area contributed by atoms with E-state index in [0.29, 0.717) is 29.9 Å². The lowest BCUT2D eigenvalue weighted by atomic mass is 9.87. The molecule has 1 heterocycles. The van der Waals surface area contributed by atoms with Crippen LogP contribution in [-0.4, -0.2) is 44.2 Å². The van der Waals surface area contributed by atoms with Crippen molar-refractivity contribution < 1.29 is 23.1 Å². The van der Waals surface area contributed by atoms with Crippen molar-refractivity contribution in [2.45, 2.75) is 56.0 Å². The Hall–Kier alpha value is -2.09. The van der Waals surface area contributed by atoms with E-state index in [4.69, 9.17) is 9.47 Å². The normalized spacial score (nSPS) is 23.4. The Labute approximate surface area is 179 Å². The fourth-order valence-corrected chi connectivity index (χ4v) is 6.51. The van der Waals surface area contributed by atoms with Crippen LogP contribution in [0.1, 0.15) is 56.7 Å². The molecule has 164 valence electrons. The Balaban J connectivity index is 2.34. The SMILES string of the molecule is CCCC[C@]1(CC)CS(=O)(=O)c2cc(OC)c(OC)cc2[C@@H](c2ccccc2)N1O. The van der Waals surface area contributed by atoms with Gasteiger partial charge in [-0.2, -0.15) is 5.06 Å². The van der Waals surface area contributed by atoms with Crippen LogP contribution in [0.5, 0.6) is 11.5 Å². The Kier molecular flexibility index (Phi) is 6.75. The van der Waals surface area contributed by atoms with E-state index in [0.717, 1.165) is 18.4 Å². The summed E-state index contributed by atoms with van der Waals surface area (Å²) in [5, 5.41) is 12.9. The predicted octanol–water partition coefficient (Wildman–Crippen LogP) is 4.61. The minimum Gasteiger partial charge on any atom is -0.493 e. The molecule has 0 saturated carbocycles. The molecule has 2 aromatic carbocycles. The smallest absolute Gasteiger partial charge is 0.180 e. The Morgan fingerprint density at radius 1 is 1.10 bits per heavy atom. The second-order valence-corrected chi connectivity index (χ2v) is 9.80. The van der Waals surface area contributed by atoms with E-state index in [1.807, 2.05) is 37.3 Å². The van der Waals surface area contributed by atoms with Crippen molar-refractivity contribution in [3.63, 3.8) is 0 Å². The summed E-state index contributed by atoms with van der Waals surface area (Å²) in [7, 11) is -0.698. The fourth-order valence-electron chi connectivity index (χ4n) is 4.35. The molecule has 0 radical (unpaired) electrons. The van der Waals surface area contributed by atoms with Crippen molar-refractivity contribution in [1.82, 2.24) is 5.06 Å². The van der Waals surface area contributed by atoms with Gasteiger partial charge in [-0.15, -0.1) is 0 Å². The van der Waals surface area contributed by atoms with E-state index in [1.165, 1.54) is 25.3 Å². The predicted molar refractivity (Wildman–Crippen MR) is 116 cm³/mol. The molecule has 6 nitrogen and oxygen atoms in total. The molecule has 1 N–H and O–H groups in total. The van der Waals surface area contributed by atoms with Crippen LogP contribution in [0.3, 0.4) is 0 Å². The van der Waals surface area contributed by atoms with Gasteiger partial charge < -0.3 is 14.7 Å². The third-order valence-corrected chi connectivity index (χ3v) is 8.05. The summed E-state index contributed by atoms with van der Waals surface area (Å²) in [5.74, 6) is 0.630. The van der Waals surface area contributed by atoms with Gasteiger partial charge in [0.05, 0.1) is 36.4 Å². The van der Waals surface area contributed by atoms with E-state index < -0.39 is 21.4 Å². The molecule has 0 spiro atoms. The summed E-state index contributed by atoms with van der Waals surface area (Å²) in [5.41, 5.74) is 0.419. The highest BCUT2D eigenvalue weighted by Crippen LogP contribution is 2.47. The van der Waals surface area contributed by atoms with E-state index in [-0.39, 0.29) is 10.6 Å². The zero-order chi connectivity index (χ0) is 21.9. The van der Waals surface area contributed by atoms with Crippen LogP contribution in [0.4, 0.5) is 0 Å². The Bertz CT molecular complexity index is 977. The first-order valence-corrected chi connectivity index (χ1v) is 12.0. The van der Waals surface area contributed by atoms with Gasteiger partial charge in [0.2, 0.25) is 0 Å². The third-order valence-electron chi connectivity index (χ3n) is 6.10. The van der Waals surface area contributed by atoms with Crippen LogP contribution < -0.4 is 9.47 Å². The minimum absolute atomic E-state index is 0.154. The first-order chi connectivity index (χ1) is 14.3. The second-order valence-electron chi connectivity index (χ2n) is 7.84. The molecular weight excluding hydrogens is 402 g/mol. The van der Waals surface area contributed by atoms with E-state index >= 15 is 0 Å². The van der Waals surface area contributed by atoms with Crippen molar-refractivity contribution >= 4 is 9.84 Å². The molecule has 0 unspecified atom stereocenters. The van der Waals surface area contributed by atoms with Crippen LogP contribution in [0, 0.1) is 0 Å². The van der Waals surface area contributed by atoms with Crippen LogP contribution in [0.25, 0.3) is 0 Å². The molecule has 0 aliphatic carbocycles. The highest BCUT2D eigenvalue weighted by Gasteiger charge is 2.48. The quantitative estimate of drug-likeness (QED) is 0.687. The van der Waals surface area contributed by atoms with Crippen LogP contribution in [0.15, 0.2) is 47.4 Å². The van der Waals surface area contributed by atoms with Crippen molar-refractivity contribution in [2.75, 3.05) is 20.0 Å². The molecule has 0 amide bonds. The first-order valence-electron chi connectivity index (χ1n) is 10.4. The molecule has 0 bridgehead atoms. The van der Waals surface area contributed by atoms with Gasteiger partial charge in [0.1, 0.15) is 0 Å². The van der Waals surface area contributed by atoms with Crippen LogP contribution in [-0.2, 0) is 9.84 Å². The molecule has 3 rings (SSSR count). The summed E-state index contributed by atoms with van der Waals surface area (Å²) in [6.07, 6.45) is 2.83. The van der Waals surface area contributed by atoms with Crippen molar-refractivity contribution in [2.24, 2.45) is 0 Å². The van der Waals surface area contributed by atoms with Gasteiger partial charge in [-0.3, -0.25) is 0 Å². The Morgan fingerprint density at radius 3 is 2.30 bits per heavy atom. The lowest BCUT2D eigenvalue weighted by molar-refractivity contribution is -0.193. The number of ether oxygens (including phenoxy) is 2. The van der Waals surface area contributed by atoms with E-state index in [2.05, 4.69) is 6.92 Å². The fraction of sp³-hybridized carbons (Fsp3) is 0.478. The third kappa shape index (κ3) is 3.94. The van der Waals surface area contributed by atoms with Crippen molar-refractivity contribution in [1.29, 1.82) is 0 Å². The summed E-state index contributed by atoms with van der Waals surface area (Å²) in [6.45, 7) is 4.00. The molecule has 1 aliphatic rings. The number of hydrogen-bond donors (Lipinski definition) is 1. The van der Waals surface area contributed by atoms with Crippen LogP contribution in [0.2, 0.25) is 0 Å². The lowest BCUT2D eigenvalue weighted by Gasteiger charge is -2.42. The van der Waals surface area contributed by atoms with Gasteiger partial charge in [0.25, 0.3) is 0 Å². The number of fused-ring (bicyclic) bond motifs is 1. The highest BCUT2D eigenvalue weighted by molar-refractivity contribution is 7.91. The molecule has 2 atom stereocenters. The zero-order valence-corrected chi connectivity index (χ0v) is 18.9. The monoisotopic (exact) mass is 433 g/mol. The van der Waals surface area contributed by atoms with Crippen LogP contribution >= 0.6 is 0 Å².